The minimum Gasteiger partial charge on any atom is -0.453 e. The van der Waals surface area contributed by atoms with Crippen molar-refractivity contribution in [2.45, 2.75) is 42.0 Å². The number of carbonyl (C=O) groups excluding carboxylic acids is 1. The second kappa shape index (κ2) is 12.0. The van der Waals surface area contributed by atoms with Gasteiger partial charge in [0.2, 0.25) is 5.91 Å². The van der Waals surface area contributed by atoms with Crippen molar-refractivity contribution in [3.05, 3.63) is 66.3 Å². The van der Waals surface area contributed by atoms with Gasteiger partial charge in [-0.2, -0.15) is 0 Å². The van der Waals surface area contributed by atoms with E-state index in [2.05, 4.69) is 15.7 Å². The Labute approximate surface area is 240 Å². The first kappa shape index (κ1) is 26.2. The van der Waals surface area contributed by atoms with E-state index in [1.165, 1.54) is 4.70 Å². The largest absolute Gasteiger partial charge is 0.453 e. The molecular formula is C29H29N5O2S3. The molecule has 6 rings (SSSR count). The summed E-state index contributed by atoms with van der Waals surface area (Å²) < 4.78 is 7.48. The topological polar surface area (TPSA) is 79.7 Å². The van der Waals surface area contributed by atoms with Gasteiger partial charge in [-0.15, -0.1) is 11.3 Å². The SMILES string of the molecule is CC(=O)N1CCC(CC2CSC(Nc3ncc(Sc4ccnc5ccsc45)cc3Oc3ccccc3)=N2)CC1. The molecule has 1 atom stereocenters. The van der Waals surface area contributed by atoms with Crippen LogP contribution in [0.25, 0.3) is 10.2 Å². The van der Waals surface area contributed by atoms with Gasteiger partial charge in [-0.05, 0) is 54.8 Å². The average molecular weight is 576 g/mol. The molecule has 10 heteroatoms. The van der Waals surface area contributed by atoms with Gasteiger partial charge in [0, 0.05) is 54.0 Å². The molecule has 0 saturated carbocycles. The molecule has 0 spiro atoms. The van der Waals surface area contributed by atoms with Gasteiger partial charge < -0.3 is 15.0 Å². The van der Waals surface area contributed by atoms with E-state index < -0.39 is 0 Å². The first-order valence-corrected chi connectivity index (χ1v) is 15.7. The van der Waals surface area contributed by atoms with Crippen LogP contribution in [0.3, 0.4) is 0 Å². The van der Waals surface area contributed by atoms with Gasteiger partial charge in [-0.1, -0.05) is 41.7 Å². The summed E-state index contributed by atoms with van der Waals surface area (Å²) in [5.74, 6) is 3.82. The van der Waals surface area contributed by atoms with Crippen LogP contribution in [0.15, 0.2) is 81.1 Å². The van der Waals surface area contributed by atoms with Gasteiger partial charge in [0.15, 0.2) is 16.7 Å². The fraction of sp³-hybridized carbons (Fsp3) is 0.310. The molecule has 200 valence electrons. The minimum absolute atomic E-state index is 0.181. The summed E-state index contributed by atoms with van der Waals surface area (Å²) in [6.45, 7) is 3.38. The molecule has 0 aliphatic carbocycles. The molecule has 1 N–H and O–H groups in total. The summed E-state index contributed by atoms with van der Waals surface area (Å²) >= 11 is 5.09. The second-order valence-electron chi connectivity index (χ2n) is 9.69. The molecule has 7 nitrogen and oxygen atoms in total. The molecular weight excluding hydrogens is 547 g/mol. The number of thioether (sulfide) groups is 1. The van der Waals surface area contributed by atoms with Gasteiger partial charge in [0.05, 0.1) is 16.3 Å². The summed E-state index contributed by atoms with van der Waals surface area (Å²) in [5.41, 5.74) is 1.01. The van der Waals surface area contributed by atoms with Crippen LogP contribution in [0.1, 0.15) is 26.2 Å². The van der Waals surface area contributed by atoms with Crippen molar-refractivity contribution in [3.8, 4) is 11.5 Å². The van der Waals surface area contributed by atoms with Crippen LogP contribution in [-0.2, 0) is 4.79 Å². The van der Waals surface area contributed by atoms with Gasteiger partial charge >= 0.3 is 0 Å². The lowest BCUT2D eigenvalue weighted by atomic mass is 9.91. The van der Waals surface area contributed by atoms with E-state index in [0.29, 0.717) is 17.5 Å². The standard InChI is InChI=1S/C29H29N5O2S3/c1-19(35)34-12-8-20(9-13-34)15-21-18-38-29(32-21)33-28-25(36-22-5-3-2-4-6-22)16-23(17-31-28)39-26-7-11-30-24-10-14-37-27(24)26/h2-7,10-11,14,16-17,20-21H,8-9,12-13,15,18H2,1H3,(H,31,32,33). The molecule has 1 unspecified atom stereocenters. The number of carbonyl (C=O) groups is 1. The number of thiophene rings is 1. The molecule has 2 aliphatic heterocycles. The molecule has 0 bridgehead atoms. The third kappa shape index (κ3) is 6.40. The fourth-order valence-electron chi connectivity index (χ4n) is 4.90. The van der Waals surface area contributed by atoms with Crippen LogP contribution in [0.5, 0.6) is 11.5 Å². The van der Waals surface area contributed by atoms with Crippen molar-refractivity contribution >= 4 is 62.0 Å². The highest BCUT2D eigenvalue weighted by molar-refractivity contribution is 8.14. The zero-order valence-corrected chi connectivity index (χ0v) is 24.0. The highest BCUT2D eigenvalue weighted by Crippen LogP contribution is 2.39. The lowest BCUT2D eigenvalue weighted by molar-refractivity contribution is -0.130. The normalized spacial score (nSPS) is 17.8. The van der Waals surface area contributed by atoms with Crippen molar-refractivity contribution in [2.75, 3.05) is 24.2 Å². The van der Waals surface area contributed by atoms with Gasteiger partial charge in [0.25, 0.3) is 0 Å². The Morgan fingerprint density at radius 3 is 2.82 bits per heavy atom. The van der Waals surface area contributed by atoms with Crippen LogP contribution < -0.4 is 10.1 Å². The molecule has 1 saturated heterocycles. The van der Waals surface area contributed by atoms with Crippen LogP contribution >= 0.6 is 34.9 Å². The quantitative estimate of drug-likeness (QED) is 0.250. The van der Waals surface area contributed by atoms with Crippen molar-refractivity contribution < 1.29 is 9.53 Å². The number of benzene rings is 1. The highest BCUT2D eigenvalue weighted by Gasteiger charge is 2.27. The molecule has 2 aliphatic rings. The van der Waals surface area contributed by atoms with Gasteiger partial charge in [-0.25, -0.2) is 4.98 Å². The number of aliphatic imine (C=N–C) groups is 1. The predicted octanol–water partition coefficient (Wildman–Crippen LogP) is 7.17. The number of ether oxygens (including phenoxy) is 1. The molecule has 39 heavy (non-hydrogen) atoms. The van der Waals surface area contributed by atoms with Crippen molar-refractivity contribution in [1.82, 2.24) is 14.9 Å². The smallest absolute Gasteiger partial charge is 0.219 e. The van der Waals surface area contributed by atoms with Crippen molar-refractivity contribution in [2.24, 2.45) is 10.9 Å². The maximum absolute atomic E-state index is 11.6. The number of rotatable bonds is 7. The number of nitrogens with one attached hydrogen (secondary N) is 1. The molecule has 5 heterocycles. The van der Waals surface area contributed by atoms with E-state index in [9.17, 15) is 4.79 Å². The van der Waals surface area contributed by atoms with E-state index in [-0.39, 0.29) is 11.9 Å². The number of amides is 1. The number of likely N-dealkylation sites (tertiary alicyclic amines) is 1. The number of amidine groups is 1. The number of nitrogens with zero attached hydrogens (tertiary/aromatic N) is 4. The number of hydrogen-bond donors (Lipinski definition) is 1. The zero-order chi connectivity index (χ0) is 26.6. The molecule has 3 aromatic heterocycles. The molecule has 1 aromatic carbocycles. The van der Waals surface area contributed by atoms with Gasteiger partial charge in [-0.3, -0.25) is 14.8 Å². The van der Waals surface area contributed by atoms with E-state index in [1.807, 2.05) is 65.8 Å². The first-order chi connectivity index (χ1) is 19.1. The summed E-state index contributed by atoms with van der Waals surface area (Å²) in [7, 11) is 0. The zero-order valence-electron chi connectivity index (χ0n) is 21.6. The third-order valence-electron chi connectivity index (χ3n) is 6.94. The predicted molar refractivity (Wildman–Crippen MR) is 161 cm³/mol. The highest BCUT2D eigenvalue weighted by atomic mass is 32.2. The lowest BCUT2D eigenvalue weighted by Crippen LogP contribution is -2.37. The Balaban J connectivity index is 1.18. The number of piperidine rings is 1. The van der Waals surface area contributed by atoms with Crippen LogP contribution in [-0.4, -0.2) is 50.8 Å². The van der Waals surface area contributed by atoms with Crippen molar-refractivity contribution in [3.63, 3.8) is 0 Å². The summed E-state index contributed by atoms with van der Waals surface area (Å²) in [5, 5.41) is 6.39. The summed E-state index contributed by atoms with van der Waals surface area (Å²) in [6.07, 6.45) is 6.91. The minimum atomic E-state index is 0.181. The Bertz CT molecular complexity index is 1480. The Morgan fingerprint density at radius 2 is 2.00 bits per heavy atom. The molecule has 1 amide bonds. The molecule has 1 fully saturated rings. The van der Waals surface area contributed by atoms with Crippen LogP contribution in [0.2, 0.25) is 0 Å². The van der Waals surface area contributed by atoms with Crippen LogP contribution in [0.4, 0.5) is 5.82 Å². The Morgan fingerprint density at radius 1 is 1.15 bits per heavy atom. The first-order valence-electron chi connectivity index (χ1n) is 13.1. The summed E-state index contributed by atoms with van der Waals surface area (Å²) in [6, 6.07) is 16.2. The molecule has 0 radical (unpaired) electrons. The molecule has 4 aromatic rings. The van der Waals surface area contributed by atoms with Crippen LogP contribution in [0, 0.1) is 5.92 Å². The monoisotopic (exact) mass is 575 g/mol. The maximum Gasteiger partial charge on any atom is 0.219 e. The average Bonchev–Trinajstić information content (AvgIpc) is 3.61. The maximum atomic E-state index is 11.6. The number of fused-ring (bicyclic) bond motifs is 1. The third-order valence-corrected chi connectivity index (χ3v) is 10.1. The lowest BCUT2D eigenvalue weighted by Gasteiger charge is -2.31. The van der Waals surface area contributed by atoms with Gasteiger partial charge in [0.1, 0.15) is 5.75 Å². The van der Waals surface area contributed by atoms with E-state index in [0.717, 1.165) is 64.3 Å². The number of para-hydroxylation sites is 1. The van der Waals surface area contributed by atoms with Crippen molar-refractivity contribution in [1.29, 1.82) is 0 Å². The number of aromatic nitrogens is 2. The Kier molecular flexibility index (Phi) is 8.03. The number of anilines is 1. The number of hydrogen-bond acceptors (Lipinski definition) is 9. The Hall–Kier alpha value is -3.08. The van der Waals surface area contributed by atoms with E-state index in [1.54, 1.807) is 41.8 Å². The van der Waals surface area contributed by atoms with E-state index in [4.69, 9.17) is 14.7 Å². The summed E-state index contributed by atoms with van der Waals surface area (Å²) in [4.78, 5) is 29.9. The second-order valence-corrected chi connectivity index (χ2v) is 12.7. The number of pyridine rings is 2. The fourth-order valence-corrected chi connectivity index (χ4v) is 7.73. The van der Waals surface area contributed by atoms with E-state index >= 15 is 0 Å².